The fourth-order valence-electron chi connectivity index (χ4n) is 0.545. The molecule has 13 heavy (non-hydrogen) atoms. The third-order valence-corrected chi connectivity index (χ3v) is 1.95. The molecule has 1 amide bonds. The molecular formula is C9H18FNO2. The smallest absolute Gasteiger partial charge is 0.257 e. The number of alkyl halides is 1. The minimum atomic E-state index is -1.90. The summed E-state index contributed by atoms with van der Waals surface area (Å²) >= 11 is 0. The van der Waals surface area contributed by atoms with Crippen LogP contribution in [-0.2, 0) is 4.79 Å². The van der Waals surface area contributed by atoms with Gasteiger partial charge in [-0.2, -0.15) is 0 Å². The Kier molecular flexibility index (Phi) is 3.44. The summed E-state index contributed by atoms with van der Waals surface area (Å²) in [6, 6.07) is -0.477. The number of carbonyl (C=O) groups is 1. The van der Waals surface area contributed by atoms with E-state index in [-0.39, 0.29) is 0 Å². The molecule has 0 aromatic heterocycles. The van der Waals surface area contributed by atoms with Gasteiger partial charge in [0.1, 0.15) is 0 Å². The first-order valence-electron chi connectivity index (χ1n) is 4.27. The topological polar surface area (TPSA) is 49.3 Å². The first-order valence-corrected chi connectivity index (χ1v) is 4.27. The van der Waals surface area contributed by atoms with Crippen molar-refractivity contribution in [1.82, 2.24) is 5.32 Å². The van der Waals surface area contributed by atoms with Crippen molar-refractivity contribution < 1.29 is 14.3 Å². The third kappa shape index (κ3) is 4.22. The van der Waals surface area contributed by atoms with E-state index in [1.54, 1.807) is 20.8 Å². The predicted octanol–water partition coefficient (Wildman–Crippen LogP) is 1.01. The molecule has 0 saturated carbocycles. The van der Waals surface area contributed by atoms with Gasteiger partial charge in [-0.1, -0.05) is 0 Å². The molecule has 0 aliphatic rings. The maximum Gasteiger partial charge on any atom is 0.257 e. The minimum Gasteiger partial charge on any atom is -0.388 e. The summed E-state index contributed by atoms with van der Waals surface area (Å²) in [7, 11) is 0. The van der Waals surface area contributed by atoms with E-state index in [4.69, 9.17) is 0 Å². The summed E-state index contributed by atoms with van der Waals surface area (Å²) < 4.78 is 13.0. The molecule has 0 bridgehead atoms. The van der Waals surface area contributed by atoms with Gasteiger partial charge >= 0.3 is 0 Å². The van der Waals surface area contributed by atoms with Crippen LogP contribution in [0.15, 0.2) is 0 Å². The largest absolute Gasteiger partial charge is 0.388 e. The van der Waals surface area contributed by atoms with E-state index in [1.807, 2.05) is 0 Å². The first kappa shape index (κ1) is 12.4. The molecule has 78 valence electrons. The quantitative estimate of drug-likeness (QED) is 0.699. The number of amides is 1. The number of rotatable bonds is 3. The molecule has 4 heteroatoms. The van der Waals surface area contributed by atoms with Gasteiger partial charge < -0.3 is 10.4 Å². The molecule has 0 aromatic rings. The Morgan fingerprint density at radius 2 is 1.77 bits per heavy atom. The van der Waals surface area contributed by atoms with E-state index in [1.165, 1.54) is 13.8 Å². The second-order valence-electron chi connectivity index (χ2n) is 4.32. The van der Waals surface area contributed by atoms with Crippen LogP contribution in [0.1, 0.15) is 34.6 Å². The van der Waals surface area contributed by atoms with Gasteiger partial charge in [0, 0.05) is 0 Å². The zero-order chi connectivity index (χ0) is 10.9. The van der Waals surface area contributed by atoms with E-state index in [0.717, 1.165) is 0 Å². The van der Waals surface area contributed by atoms with Crippen LogP contribution in [0.3, 0.4) is 0 Å². The van der Waals surface area contributed by atoms with Gasteiger partial charge in [0.15, 0.2) is 5.67 Å². The summed E-state index contributed by atoms with van der Waals surface area (Å²) in [5.41, 5.74) is -2.94. The van der Waals surface area contributed by atoms with Crippen LogP contribution in [0, 0.1) is 0 Å². The fourth-order valence-corrected chi connectivity index (χ4v) is 0.545. The first-order chi connectivity index (χ1) is 5.55. The molecular weight excluding hydrogens is 173 g/mol. The summed E-state index contributed by atoms with van der Waals surface area (Å²) in [5, 5.41) is 11.9. The van der Waals surface area contributed by atoms with Gasteiger partial charge in [0.2, 0.25) is 0 Å². The van der Waals surface area contributed by atoms with Crippen LogP contribution in [0.2, 0.25) is 0 Å². The zero-order valence-electron chi connectivity index (χ0n) is 8.81. The normalized spacial score (nSPS) is 15.3. The van der Waals surface area contributed by atoms with Gasteiger partial charge in [-0.15, -0.1) is 0 Å². The molecule has 0 aliphatic heterocycles. The second kappa shape index (κ2) is 3.62. The van der Waals surface area contributed by atoms with Crippen molar-refractivity contribution in [2.75, 3.05) is 0 Å². The summed E-state index contributed by atoms with van der Waals surface area (Å²) in [4.78, 5) is 11.1. The summed E-state index contributed by atoms with van der Waals surface area (Å²) in [6.45, 7) is 7.11. The fraction of sp³-hybridized carbons (Fsp3) is 0.889. The van der Waals surface area contributed by atoms with Crippen molar-refractivity contribution in [3.05, 3.63) is 0 Å². The monoisotopic (exact) mass is 191 g/mol. The summed E-state index contributed by atoms with van der Waals surface area (Å²) in [6.07, 6.45) is 0. The highest BCUT2D eigenvalue weighted by atomic mass is 19.1. The molecule has 0 fully saturated rings. The molecule has 0 spiro atoms. The number of aliphatic hydroxyl groups is 1. The number of hydrogen-bond acceptors (Lipinski definition) is 2. The van der Waals surface area contributed by atoms with Crippen LogP contribution < -0.4 is 5.32 Å². The SMILES string of the molecule is CC(NC(=O)C(C)(C)F)C(C)(C)O. The van der Waals surface area contributed by atoms with E-state index in [0.29, 0.717) is 0 Å². The van der Waals surface area contributed by atoms with Gasteiger partial charge in [0.25, 0.3) is 5.91 Å². The lowest BCUT2D eigenvalue weighted by Crippen LogP contribution is -2.51. The van der Waals surface area contributed by atoms with Crippen molar-refractivity contribution in [2.45, 2.75) is 51.9 Å². The highest BCUT2D eigenvalue weighted by Crippen LogP contribution is 2.12. The average Bonchev–Trinajstić information content (AvgIpc) is 1.82. The lowest BCUT2D eigenvalue weighted by molar-refractivity contribution is -0.133. The highest BCUT2D eigenvalue weighted by Gasteiger charge is 2.31. The Bertz CT molecular complexity index is 191. The lowest BCUT2D eigenvalue weighted by atomic mass is 10.00. The van der Waals surface area contributed by atoms with Crippen molar-refractivity contribution in [3.8, 4) is 0 Å². The molecule has 1 unspecified atom stereocenters. The van der Waals surface area contributed by atoms with E-state index < -0.39 is 23.2 Å². The maximum absolute atomic E-state index is 13.0. The lowest BCUT2D eigenvalue weighted by Gasteiger charge is -2.28. The number of hydrogen-bond donors (Lipinski definition) is 2. The number of halogens is 1. The van der Waals surface area contributed by atoms with Gasteiger partial charge in [-0.3, -0.25) is 4.79 Å². The molecule has 0 radical (unpaired) electrons. The molecule has 2 N–H and O–H groups in total. The van der Waals surface area contributed by atoms with Gasteiger partial charge in [0.05, 0.1) is 11.6 Å². The van der Waals surface area contributed by atoms with Crippen LogP contribution in [0.4, 0.5) is 4.39 Å². The second-order valence-corrected chi connectivity index (χ2v) is 4.32. The van der Waals surface area contributed by atoms with E-state index in [9.17, 15) is 14.3 Å². The molecule has 0 heterocycles. The Labute approximate surface area is 78.3 Å². The predicted molar refractivity (Wildman–Crippen MR) is 49.1 cm³/mol. The van der Waals surface area contributed by atoms with Crippen molar-refractivity contribution in [2.24, 2.45) is 0 Å². The Morgan fingerprint density at radius 3 is 2.00 bits per heavy atom. The average molecular weight is 191 g/mol. The highest BCUT2D eigenvalue weighted by molar-refractivity contribution is 5.84. The third-order valence-electron chi connectivity index (χ3n) is 1.95. The Hall–Kier alpha value is -0.640. The standard InChI is InChI=1S/C9H18FNO2/c1-6(9(4,5)13)11-7(12)8(2,3)10/h6,13H,1-5H3,(H,11,12). The Balaban J connectivity index is 4.24. The Morgan fingerprint density at radius 1 is 1.38 bits per heavy atom. The van der Waals surface area contributed by atoms with Crippen LogP contribution in [0.5, 0.6) is 0 Å². The van der Waals surface area contributed by atoms with Crippen LogP contribution >= 0.6 is 0 Å². The van der Waals surface area contributed by atoms with Crippen LogP contribution in [0.25, 0.3) is 0 Å². The van der Waals surface area contributed by atoms with Crippen molar-refractivity contribution in [1.29, 1.82) is 0 Å². The van der Waals surface area contributed by atoms with E-state index >= 15 is 0 Å². The molecule has 0 aromatic carbocycles. The van der Waals surface area contributed by atoms with Crippen LogP contribution in [-0.4, -0.2) is 28.3 Å². The van der Waals surface area contributed by atoms with Gasteiger partial charge in [-0.25, -0.2) is 4.39 Å². The molecule has 0 rings (SSSR count). The maximum atomic E-state index is 13.0. The molecule has 3 nitrogen and oxygen atoms in total. The van der Waals surface area contributed by atoms with Crippen molar-refractivity contribution in [3.63, 3.8) is 0 Å². The van der Waals surface area contributed by atoms with Crippen molar-refractivity contribution >= 4 is 5.91 Å². The molecule has 1 atom stereocenters. The molecule has 0 aliphatic carbocycles. The summed E-state index contributed by atoms with van der Waals surface area (Å²) in [5.74, 6) is -0.706. The number of carbonyl (C=O) groups excluding carboxylic acids is 1. The van der Waals surface area contributed by atoms with E-state index in [2.05, 4.69) is 5.32 Å². The minimum absolute atomic E-state index is 0.477. The number of nitrogens with one attached hydrogen (secondary N) is 1. The molecule has 0 saturated heterocycles. The zero-order valence-corrected chi connectivity index (χ0v) is 8.81. The van der Waals surface area contributed by atoms with Gasteiger partial charge in [-0.05, 0) is 34.6 Å².